The first-order chi connectivity index (χ1) is 15.6. The summed E-state index contributed by atoms with van der Waals surface area (Å²) in [5, 5.41) is 3.61. The zero-order valence-electron chi connectivity index (χ0n) is 18.4. The molecule has 0 radical (unpaired) electrons. The molecule has 0 aliphatic heterocycles. The lowest BCUT2D eigenvalue weighted by atomic mass is 9.97. The van der Waals surface area contributed by atoms with Crippen LogP contribution in [0.3, 0.4) is 0 Å². The number of hydrogen-bond acceptors (Lipinski definition) is 3. The zero-order chi connectivity index (χ0) is 22.8. The van der Waals surface area contributed by atoms with Gasteiger partial charge >= 0.3 is 0 Å². The Balaban J connectivity index is 1.63. The lowest BCUT2D eigenvalue weighted by molar-refractivity contribution is -0.125. The van der Waals surface area contributed by atoms with E-state index in [4.69, 9.17) is 17.3 Å². The molecule has 0 aromatic heterocycles. The van der Waals surface area contributed by atoms with E-state index in [0.717, 1.165) is 12.0 Å². The molecule has 0 saturated carbocycles. The van der Waals surface area contributed by atoms with Crippen LogP contribution in [0.4, 0.5) is 0 Å². The van der Waals surface area contributed by atoms with Crippen molar-refractivity contribution in [3.05, 3.63) is 113 Å². The number of likely N-dealkylation sites (N-methyl/N-ethyl adjacent to an activating group) is 1. The number of hydrogen-bond donors (Lipinski definition) is 2. The van der Waals surface area contributed by atoms with Crippen LogP contribution in [0, 0.1) is 0 Å². The van der Waals surface area contributed by atoms with Crippen molar-refractivity contribution in [1.29, 1.82) is 0 Å². The molecular weight excluding hydrogens is 418 g/mol. The third-order valence-corrected chi connectivity index (χ3v) is 5.84. The van der Waals surface area contributed by atoms with E-state index in [1.54, 1.807) is 0 Å². The molecule has 0 spiro atoms. The maximum Gasteiger partial charge on any atom is 0.238 e. The lowest BCUT2D eigenvalue weighted by Gasteiger charge is -2.25. The predicted octanol–water partition coefficient (Wildman–Crippen LogP) is 4.74. The van der Waals surface area contributed by atoms with Crippen molar-refractivity contribution in [2.45, 2.75) is 19.0 Å². The number of benzene rings is 3. The minimum absolute atomic E-state index is 0.0924. The Kier molecular flexibility index (Phi) is 9.05. The van der Waals surface area contributed by atoms with Crippen molar-refractivity contribution < 1.29 is 4.79 Å². The highest BCUT2D eigenvalue weighted by molar-refractivity contribution is 6.31. The highest BCUT2D eigenvalue weighted by Crippen LogP contribution is 2.23. The summed E-state index contributed by atoms with van der Waals surface area (Å²) in [6.07, 6.45) is 3.03. The van der Waals surface area contributed by atoms with Crippen LogP contribution in [-0.2, 0) is 11.3 Å². The highest BCUT2D eigenvalue weighted by Gasteiger charge is 2.21. The molecule has 3 N–H and O–H groups in total. The van der Waals surface area contributed by atoms with Gasteiger partial charge in [-0.2, -0.15) is 0 Å². The van der Waals surface area contributed by atoms with E-state index in [1.807, 2.05) is 72.6 Å². The molecule has 0 saturated heterocycles. The molecule has 3 aromatic carbocycles. The van der Waals surface area contributed by atoms with Gasteiger partial charge in [-0.1, -0.05) is 96.5 Å². The quantitative estimate of drug-likeness (QED) is 0.472. The topological polar surface area (TPSA) is 58.4 Å². The zero-order valence-corrected chi connectivity index (χ0v) is 19.1. The van der Waals surface area contributed by atoms with Crippen LogP contribution >= 0.6 is 11.6 Å². The van der Waals surface area contributed by atoms with E-state index in [-0.39, 0.29) is 12.5 Å². The second-order valence-corrected chi connectivity index (χ2v) is 8.09. The van der Waals surface area contributed by atoms with Gasteiger partial charge in [-0.3, -0.25) is 9.69 Å². The van der Waals surface area contributed by atoms with Gasteiger partial charge in [-0.25, -0.2) is 0 Å². The maximum atomic E-state index is 12.7. The molecule has 0 fully saturated rings. The van der Waals surface area contributed by atoms with Gasteiger partial charge in [0, 0.05) is 24.7 Å². The van der Waals surface area contributed by atoms with E-state index < -0.39 is 6.04 Å². The van der Waals surface area contributed by atoms with E-state index >= 15 is 0 Å². The molecule has 0 bridgehead atoms. The molecule has 1 atom stereocenters. The third kappa shape index (κ3) is 6.54. The maximum absolute atomic E-state index is 12.7. The molecule has 0 heterocycles. The average Bonchev–Trinajstić information content (AvgIpc) is 2.83. The number of nitrogens with two attached hydrogens (primary N) is 1. The van der Waals surface area contributed by atoms with Crippen LogP contribution in [0.25, 0.3) is 5.57 Å². The molecule has 5 heteroatoms. The predicted molar refractivity (Wildman–Crippen MR) is 133 cm³/mol. The molecule has 4 nitrogen and oxygen atoms in total. The van der Waals surface area contributed by atoms with E-state index in [2.05, 4.69) is 35.7 Å². The third-order valence-electron chi connectivity index (χ3n) is 5.47. The molecule has 0 aliphatic carbocycles. The lowest BCUT2D eigenvalue weighted by Crippen LogP contribution is -2.49. The van der Waals surface area contributed by atoms with E-state index in [1.165, 1.54) is 16.7 Å². The van der Waals surface area contributed by atoms with Crippen molar-refractivity contribution >= 4 is 23.1 Å². The van der Waals surface area contributed by atoms with Crippen LogP contribution in [-0.4, -0.2) is 37.0 Å². The first kappa shape index (κ1) is 23.7. The van der Waals surface area contributed by atoms with E-state index in [0.29, 0.717) is 18.1 Å². The van der Waals surface area contributed by atoms with Gasteiger partial charge in [-0.05, 0) is 41.8 Å². The van der Waals surface area contributed by atoms with Crippen LogP contribution in [0.15, 0.2) is 91.0 Å². The summed E-state index contributed by atoms with van der Waals surface area (Å²) in [7, 11) is 1.94. The van der Waals surface area contributed by atoms with Crippen LogP contribution in [0.2, 0.25) is 5.02 Å². The minimum Gasteiger partial charge on any atom is -0.351 e. The number of carbonyl (C=O) groups is 1. The Morgan fingerprint density at radius 3 is 2.09 bits per heavy atom. The molecule has 1 unspecified atom stereocenters. The first-order valence-electron chi connectivity index (χ1n) is 10.8. The largest absolute Gasteiger partial charge is 0.351 e. The summed E-state index contributed by atoms with van der Waals surface area (Å²) in [5.41, 5.74) is 10.4. The number of amides is 1. The second kappa shape index (κ2) is 12.2. The van der Waals surface area contributed by atoms with Crippen LogP contribution < -0.4 is 11.1 Å². The van der Waals surface area contributed by atoms with Gasteiger partial charge in [-0.15, -0.1) is 0 Å². The smallest absolute Gasteiger partial charge is 0.238 e. The van der Waals surface area contributed by atoms with Crippen LogP contribution in [0.1, 0.15) is 23.1 Å². The average molecular weight is 448 g/mol. The van der Waals surface area contributed by atoms with Gasteiger partial charge in [0.1, 0.15) is 6.04 Å². The number of rotatable bonds is 10. The molecule has 0 aliphatic rings. The summed E-state index contributed by atoms with van der Waals surface area (Å²) in [6, 6.07) is 27.8. The van der Waals surface area contributed by atoms with Gasteiger partial charge in [0.2, 0.25) is 5.91 Å². The summed E-state index contributed by atoms with van der Waals surface area (Å²) in [5.74, 6) is -0.0924. The summed E-state index contributed by atoms with van der Waals surface area (Å²) >= 11 is 6.19. The SMILES string of the molecule is CN(CCC=C(c1ccccc1)c1ccccc1)C(CN)C(=O)NCc1ccccc1Cl. The highest BCUT2D eigenvalue weighted by atomic mass is 35.5. The fourth-order valence-corrected chi connectivity index (χ4v) is 3.84. The molecular formula is C27H30ClN3O. The summed E-state index contributed by atoms with van der Waals surface area (Å²) in [6.45, 7) is 1.35. The minimum atomic E-state index is -0.400. The van der Waals surface area contributed by atoms with Gasteiger partial charge in [0.15, 0.2) is 0 Å². The monoisotopic (exact) mass is 447 g/mol. The molecule has 3 aromatic rings. The molecule has 1 amide bonds. The van der Waals surface area contributed by atoms with Crippen molar-refractivity contribution in [1.82, 2.24) is 10.2 Å². The van der Waals surface area contributed by atoms with Crippen molar-refractivity contribution in [3.63, 3.8) is 0 Å². The Morgan fingerprint density at radius 1 is 0.969 bits per heavy atom. The number of halogens is 1. The van der Waals surface area contributed by atoms with E-state index in [9.17, 15) is 4.79 Å². The van der Waals surface area contributed by atoms with Gasteiger partial charge in [0.05, 0.1) is 0 Å². The fourth-order valence-electron chi connectivity index (χ4n) is 3.64. The van der Waals surface area contributed by atoms with Gasteiger partial charge in [0.25, 0.3) is 0 Å². The van der Waals surface area contributed by atoms with Gasteiger partial charge < -0.3 is 11.1 Å². The number of nitrogens with one attached hydrogen (secondary N) is 1. The Hall–Kier alpha value is -2.92. The van der Waals surface area contributed by atoms with Crippen LogP contribution in [0.5, 0.6) is 0 Å². The van der Waals surface area contributed by atoms with Crippen molar-refractivity contribution in [2.75, 3.05) is 20.1 Å². The van der Waals surface area contributed by atoms with Crippen molar-refractivity contribution in [2.24, 2.45) is 5.73 Å². The molecule has 166 valence electrons. The summed E-state index contributed by atoms with van der Waals surface area (Å²) < 4.78 is 0. The second-order valence-electron chi connectivity index (χ2n) is 7.68. The Bertz CT molecular complexity index is 980. The molecule has 3 rings (SSSR count). The first-order valence-corrected chi connectivity index (χ1v) is 11.2. The Morgan fingerprint density at radius 2 is 1.53 bits per heavy atom. The number of carbonyl (C=O) groups excluding carboxylic acids is 1. The normalized spacial score (nSPS) is 11.8. The summed E-state index contributed by atoms with van der Waals surface area (Å²) in [4.78, 5) is 14.8. The Labute approximate surface area is 195 Å². The fraction of sp³-hybridized carbons (Fsp3) is 0.222. The standard InChI is InChI=1S/C27H30ClN3O/c1-31(26(19-29)27(32)30-20-23-15-8-9-17-25(23)28)18-10-16-24(21-11-4-2-5-12-21)22-13-6-3-7-14-22/h2-9,11-17,26H,10,18-20,29H2,1H3,(H,30,32). The molecule has 32 heavy (non-hydrogen) atoms. The van der Waals surface area contributed by atoms with Crippen molar-refractivity contribution in [3.8, 4) is 0 Å². The number of nitrogens with zero attached hydrogens (tertiary/aromatic N) is 1.